The zero-order chi connectivity index (χ0) is 27.8. The minimum Gasteiger partial charge on any atom is -0.497 e. The third-order valence-corrected chi connectivity index (χ3v) is 7.92. The number of unbranched alkanes of at least 4 members (excludes halogenated alkanes) is 1. The summed E-state index contributed by atoms with van der Waals surface area (Å²) in [5.74, 6) is -1.16. The Labute approximate surface area is 227 Å². The minimum absolute atomic E-state index is 0.229. The lowest BCUT2D eigenvalue weighted by molar-refractivity contribution is -0.154. The van der Waals surface area contributed by atoms with Gasteiger partial charge in [0.25, 0.3) is 0 Å². The first-order valence-electron chi connectivity index (χ1n) is 13.0. The molecule has 1 aliphatic heterocycles. The molecule has 1 aliphatic carbocycles. The number of nitrogens with two attached hydrogens (primary N) is 2. The SMILES string of the molecule is COc1ccc(C23Oc4cc(OCCCCN)cc(OC)c4C2(O)C(O)C(C(N)=O)C3c2ccccc2)cc1. The Kier molecular flexibility index (Phi) is 7.15. The van der Waals surface area contributed by atoms with Crippen molar-refractivity contribution in [2.45, 2.75) is 36.1 Å². The van der Waals surface area contributed by atoms with Crippen molar-refractivity contribution in [2.75, 3.05) is 27.4 Å². The first kappa shape index (κ1) is 26.8. The van der Waals surface area contributed by atoms with Crippen LogP contribution in [0.1, 0.15) is 35.4 Å². The number of carbonyl (C=O) groups is 1. The molecule has 1 fully saturated rings. The Bertz CT molecular complexity index is 1330. The molecule has 39 heavy (non-hydrogen) atoms. The average molecular weight is 535 g/mol. The molecule has 9 heteroatoms. The highest BCUT2D eigenvalue weighted by atomic mass is 16.5. The molecule has 0 spiro atoms. The number of amides is 1. The van der Waals surface area contributed by atoms with Crippen LogP contribution >= 0.6 is 0 Å². The van der Waals surface area contributed by atoms with Gasteiger partial charge in [0.05, 0.1) is 32.3 Å². The third-order valence-electron chi connectivity index (χ3n) is 7.92. The van der Waals surface area contributed by atoms with Crippen LogP contribution in [0.2, 0.25) is 0 Å². The number of carbonyl (C=O) groups excluding carboxylic acids is 1. The lowest BCUT2D eigenvalue weighted by Crippen LogP contribution is -2.52. The second-order valence-electron chi connectivity index (χ2n) is 9.94. The number of hydrogen-bond acceptors (Lipinski definition) is 8. The highest BCUT2D eigenvalue weighted by Crippen LogP contribution is 2.70. The third kappa shape index (κ3) is 4.00. The maximum absolute atomic E-state index is 13.0. The molecule has 5 atom stereocenters. The van der Waals surface area contributed by atoms with Gasteiger partial charge in [0.2, 0.25) is 5.91 Å². The van der Waals surface area contributed by atoms with Crippen LogP contribution in [0.5, 0.6) is 23.0 Å². The summed E-state index contributed by atoms with van der Waals surface area (Å²) < 4.78 is 23.8. The van der Waals surface area contributed by atoms with Gasteiger partial charge in [0.1, 0.15) is 29.1 Å². The minimum atomic E-state index is -2.11. The van der Waals surface area contributed by atoms with Crippen molar-refractivity contribution in [3.8, 4) is 23.0 Å². The lowest BCUT2D eigenvalue weighted by atomic mass is 9.70. The molecule has 3 aromatic carbocycles. The number of aliphatic hydroxyl groups excluding tert-OH is 1. The van der Waals surface area contributed by atoms with Gasteiger partial charge in [-0.1, -0.05) is 42.5 Å². The van der Waals surface area contributed by atoms with Crippen molar-refractivity contribution in [3.05, 3.63) is 83.4 Å². The fourth-order valence-electron chi connectivity index (χ4n) is 6.22. The summed E-state index contributed by atoms with van der Waals surface area (Å²) in [4.78, 5) is 13.0. The standard InChI is InChI=1S/C30H34N2O7/c1-36-20-12-10-19(11-13-20)30-25(18-8-4-3-5-9-18)24(28(32)34)27(33)29(30,35)26-22(37-2)16-21(17-23(26)39-30)38-15-7-6-14-31/h3-5,8-13,16-17,24-25,27,33,35H,6-7,14-15,31H2,1-2H3,(H2,32,34). The predicted octanol–water partition coefficient (Wildman–Crippen LogP) is 2.56. The van der Waals surface area contributed by atoms with Gasteiger partial charge in [-0.2, -0.15) is 0 Å². The van der Waals surface area contributed by atoms with Gasteiger partial charge in [0, 0.05) is 18.1 Å². The second-order valence-corrected chi connectivity index (χ2v) is 9.94. The number of ether oxygens (including phenoxy) is 4. The highest BCUT2D eigenvalue weighted by Gasteiger charge is 2.77. The second kappa shape index (κ2) is 10.4. The van der Waals surface area contributed by atoms with E-state index >= 15 is 0 Å². The molecular formula is C30H34N2O7. The van der Waals surface area contributed by atoms with E-state index in [0.717, 1.165) is 12.8 Å². The van der Waals surface area contributed by atoms with Crippen molar-refractivity contribution < 1.29 is 34.0 Å². The van der Waals surface area contributed by atoms with Crippen LogP contribution in [0, 0.1) is 5.92 Å². The molecule has 0 saturated heterocycles. The molecule has 0 aromatic heterocycles. The lowest BCUT2D eigenvalue weighted by Gasteiger charge is -2.40. The molecule has 206 valence electrons. The van der Waals surface area contributed by atoms with E-state index in [9.17, 15) is 15.0 Å². The fourth-order valence-corrected chi connectivity index (χ4v) is 6.22. The molecule has 0 radical (unpaired) electrons. The summed E-state index contributed by atoms with van der Waals surface area (Å²) in [6.07, 6.45) is -0.0296. The van der Waals surface area contributed by atoms with E-state index in [1.54, 1.807) is 43.5 Å². The van der Waals surface area contributed by atoms with Gasteiger partial charge in [-0.3, -0.25) is 4.79 Å². The molecular weight excluding hydrogens is 500 g/mol. The summed E-state index contributed by atoms with van der Waals surface area (Å²) in [6, 6.07) is 19.5. The van der Waals surface area contributed by atoms with Crippen LogP contribution in [0.3, 0.4) is 0 Å². The van der Waals surface area contributed by atoms with E-state index in [2.05, 4.69) is 0 Å². The highest BCUT2D eigenvalue weighted by molar-refractivity contribution is 5.81. The number of benzene rings is 3. The van der Waals surface area contributed by atoms with Crippen molar-refractivity contribution in [2.24, 2.45) is 17.4 Å². The van der Waals surface area contributed by atoms with E-state index in [1.807, 2.05) is 30.3 Å². The maximum Gasteiger partial charge on any atom is 0.224 e. The first-order valence-corrected chi connectivity index (χ1v) is 13.0. The maximum atomic E-state index is 13.0. The number of rotatable bonds is 10. The van der Waals surface area contributed by atoms with Crippen LogP contribution in [0.4, 0.5) is 0 Å². The summed E-state index contributed by atoms with van der Waals surface area (Å²) >= 11 is 0. The monoisotopic (exact) mass is 534 g/mol. The molecule has 1 heterocycles. The van der Waals surface area contributed by atoms with Crippen LogP contribution in [0.25, 0.3) is 0 Å². The number of fused-ring (bicyclic) bond motifs is 3. The van der Waals surface area contributed by atoms with Gasteiger partial charge < -0.3 is 40.6 Å². The summed E-state index contributed by atoms with van der Waals surface area (Å²) in [6.45, 7) is 1.00. The van der Waals surface area contributed by atoms with E-state index in [4.69, 9.17) is 30.4 Å². The molecule has 0 bridgehead atoms. The Morgan fingerprint density at radius 2 is 1.72 bits per heavy atom. The zero-order valence-electron chi connectivity index (χ0n) is 22.0. The fraction of sp³-hybridized carbons (Fsp3) is 0.367. The Morgan fingerprint density at radius 1 is 1.00 bits per heavy atom. The van der Waals surface area contributed by atoms with Crippen molar-refractivity contribution in [1.82, 2.24) is 0 Å². The first-order chi connectivity index (χ1) is 18.8. The average Bonchev–Trinajstić information content (AvgIpc) is 3.33. The normalized spacial score (nSPS) is 26.8. The Hall–Kier alpha value is -3.79. The van der Waals surface area contributed by atoms with Crippen LogP contribution in [0.15, 0.2) is 66.7 Å². The van der Waals surface area contributed by atoms with E-state index in [-0.39, 0.29) is 17.1 Å². The van der Waals surface area contributed by atoms with Gasteiger partial charge in [-0.15, -0.1) is 0 Å². The largest absolute Gasteiger partial charge is 0.497 e. The van der Waals surface area contributed by atoms with Crippen molar-refractivity contribution in [1.29, 1.82) is 0 Å². The molecule has 5 rings (SSSR count). The molecule has 3 aromatic rings. The number of hydrogen-bond donors (Lipinski definition) is 4. The molecule has 9 nitrogen and oxygen atoms in total. The smallest absolute Gasteiger partial charge is 0.224 e. The topological polar surface area (TPSA) is 146 Å². The van der Waals surface area contributed by atoms with E-state index in [0.29, 0.717) is 35.8 Å². The zero-order valence-corrected chi connectivity index (χ0v) is 22.0. The molecule has 6 N–H and O–H groups in total. The van der Waals surface area contributed by atoms with Gasteiger partial charge in [-0.05, 0) is 42.6 Å². The number of aliphatic hydroxyl groups is 2. The van der Waals surface area contributed by atoms with E-state index < -0.39 is 35.0 Å². The summed E-state index contributed by atoms with van der Waals surface area (Å²) in [5.41, 5.74) is 9.19. The molecule has 1 saturated carbocycles. The molecule has 5 unspecified atom stereocenters. The number of methoxy groups -OCH3 is 2. The van der Waals surface area contributed by atoms with Crippen LogP contribution < -0.4 is 30.4 Å². The predicted molar refractivity (Wildman–Crippen MR) is 144 cm³/mol. The van der Waals surface area contributed by atoms with Gasteiger partial charge in [-0.25, -0.2) is 0 Å². The van der Waals surface area contributed by atoms with Gasteiger partial charge in [0.15, 0.2) is 11.2 Å². The van der Waals surface area contributed by atoms with Crippen LogP contribution in [-0.4, -0.2) is 49.6 Å². The Morgan fingerprint density at radius 3 is 2.33 bits per heavy atom. The molecule has 2 aliphatic rings. The van der Waals surface area contributed by atoms with Crippen molar-refractivity contribution in [3.63, 3.8) is 0 Å². The van der Waals surface area contributed by atoms with Gasteiger partial charge >= 0.3 is 0 Å². The summed E-state index contributed by atoms with van der Waals surface area (Å²) in [5, 5.41) is 24.6. The quantitative estimate of drug-likeness (QED) is 0.290. The number of primary amides is 1. The van der Waals surface area contributed by atoms with Crippen molar-refractivity contribution >= 4 is 5.91 Å². The van der Waals surface area contributed by atoms with E-state index in [1.165, 1.54) is 7.11 Å². The van der Waals surface area contributed by atoms with Crippen LogP contribution in [-0.2, 0) is 16.0 Å². The Balaban J connectivity index is 1.76. The molecule has 1 amide bonds. The summed E-state index contributed by atoms with van der Waals surface area (Å²) in [7, 11) is 3.02.